The van der Waals surface area contributed by atoms with E-state index in [0.717, 1.165) is 5.56 Å². The highest BCUT2D eigenvalue weighted by molar-refractivity contribution is 5.78. The average Bonchev–Trinajstić information content (AvgIpc) is 2.54. The molecular formula is C19H21FO3. The Morgan fingerprint density at radius 3 is 2.30 bits per heavy atom. The molecule has 3 unspecified atom stereocenters. The van der Waals surface area contributed by atoms with Crippen molar-refractivity contribution in [1.82, 2.24) is 0 Å². The van der Waals surface area contributed by atoms with E-state index in [9.17, 15) is 14.3 Å². The van der Waals surface area contributed by atoms with Gasteiger partial charge in [0.25, 0.3) is 0 Å². The molecule has 0 aromatic heterocycles. The summed E-state index contributed by atoms with van der Waals surface area (Å²) in [5.74, 6) is -1.46. The van der Waals surface area contributed by atoms with E-state index >= 15 is 0 Å². The van der Waals surface area contributed by atoms with Gasteiger partial charge in [0.15, 0.2) is 0 Å². The Kier molecular flexibility index (Phi) is 5.50. The lowest BCUT2D eigenvalue weighted by atomic mass is 9.97. The van der Waals surface area contributed by atoms with Gasteiger partial charge in [-0.2, -0.15) is 0 Å². The first kappa shape index (κ1) is 17.2. The van der Waals surface area contributed by atoms with Gasteiger partial charge in [0, 0.05) is 5.56 Å². The molecule has 0 amide bonds. The number of rotatable bonds is 5. The lowest BCUT2D eigenvalue weighted by Gasteiger charge is -2.19. The molecule has 0 saturated heterocycles. The normalized spacial score (nSPS) is 14.8. The number of carbonyl (C=O) groups excluding carboxylic acids is 1. The van der Waals surface area contributed by atoms with Gasteiger partial charge in [-0.3, -0.25) is 4.79 Å². The summed E-state index contributed by atoms with van der Waals surface area (Å²) in [7, 11) is 0. The third-order valence-electron chi connectivity index (χ3n) is 3.91. The van der Waals surface area contributed by atoms with Crippen LogP contribution in [-0.4, -0.2) is 23.3 Å². The fourth-order valence-corrected chi connectivity index (χ4v) is 2.17. The number of halogens is 1. The van der Waals surface area contributed by atoms with Gasteiger partial charge in [0.2, 0.25) is 0 Å². The summed E-state index contributed by atoms with van der Waals surface area (Å²) in [6.07, 6.45) is -1.35. The molecule has 0 aliphatic carbocycles. The van der Waals surface area contributed by atoms with Crippen LogP contribution >= 0.6 is 0 Å². The van der Waals surface area contributed by atoms with Gasteiger partial charge in [-0.15, -0.1) is 0 Å². The minimum atomic E-state index is -0.747. The molecule has 2 aromatic rings. The number of esters is 1. The minimum Gasteiger partial charge on any atom is -0.459 e. The van der Waals surface area contributed by atoms with Gasteiger partial charge in [-0.25, -0.2) is 4.39 Å². The summed E-state index contributed by atoms with van der Waals surface area (Å²) in [4.78, 5) is 12.1. The van der Waals surface area contributed by atoms with Gasteiger partial charge in [-0.1, -0.05) is 42.5 Å². The zero-order chi connectivity index (χ0) is 17.0. The molecule has 1 N–H and O–H groups in total. The molecule has 0 heterocycles. The Balaban J connectivity index is 2.18. The molecule has 0 fully saturated rings. The van der Waals surface area contributed by atoms with E-state index in [0.29, 0.717) is 11.1 Å². The number of aliphatic hydroxyl groups excluding tert-OH is 1. The van der Waals surface area contributed by atoms with E-state index < -0.39 is 24.1 Å². The quantitative estimate of drug-likeness (QED) is 0.851. The fourth-order valence-electron chi connectivity index (χ4n) is 2.17. The van der Waals surface area contributed by atoms with Gasteiger partial charge < -0.3 is 9.84 Å². The maximum absolute atomic E-state index is 14.4. The van der Waals surface area contributed by atoms with Crippen molar-refractivity contribution >= 4 is 5.97 Å². The SMILES string of the molecule is CC(C(=O)OC(C)C(C)O)c1ccc(-c2ccccc2)c(F)c1. The van der Waals surface area contributed by atoms with Crippen molar-refractivity contribution in [1.29, 1.82) is 0 Å². The largest absolute Gasteiger partial charge is 0.459 e. The van der Waals surface area contributed by atoms with E-state index in [2.05, 4.69) is 0 Å². The van der Waals surface area contributed by atoms with Gasteiger partial charge in [-0.05, 0) is 38.0 Å². The van der Waals surface area contributed by atoms with E-state index in [-0.39, 0.29) is 5.82 Å². The van der Waals surface area contributed by atoms with Crippen LogP contribution in [0.25, 0.3) is 11.1 Å². The van der Waals surface area contributed by atoms with Gasteiger partial charge in [0.05, 0.1) is 12.0 Å². The Hall–Kier alpha value is -2.20. The monoisotopic (exact) mass is 316 g/mol. The Labute approximate surface area is 135 Å². The minimum absolute atomic E-state index is 0.378. The Morgan fingerprint density at radius 1 is 1.09 bits per heavy atom. The summed E-state index contributed by atoms with van der Waals surface area (Å²) >= 11 is 0. The van der Waals surface area contributed by atoms with E-state index in [4.69, 9.17) is 4.74 Å². The lowest BCUT2D eigenvalue weighted by molar-refractivity contribution is -0.154. The summed E-state index contributed by atoms with van der Waals surface area (Å²) in [6.45, 7) is 4.83. The zero-order valence-corrected chi connectivity index (χ0v) is 13.5. The molecule has 3 atom stereocenters. The first-order valence-electron chi connectivity index (χ1n) is 7.63. The number of ether oxygens (including phenoxy) is 1. The molecule has 122 valence electrons. The Bertz CT molecular complexity index is 668. The summed E-state index contributed by atoms with van der Waals surface area (Å²) in [6, 6.07) is 14.0. The molecular weight excluding hydrogens is 295 g/mol. The molecule has 23 heavy (non-hydrogen) atoms. The van der Waals surface area contributed by atoms with Crippen molar-refractivity contribution in [2.24, 2.45) is 0 Å². The zero-order valence-electron chi connectivity index (χ0n) is 13.5. The maximum Gasteiger partial charge on any atom is 0.313 e. The molecule has 2 aromatic carbocycles. The van der Waals surface area contributed by atoms with Crippen LogP contribution in [0, 0.1) is 5.82 Å². The summed E-state index contributed by atoms with van der Waals surface area (Å²) in [5.41, 5.74) is 1.83. The molecule has 4 heteroatoms. The van der Waals surface area contributed by atoms with Crippen LogP contribution in [0.15, 0.2) is 48.5 Å². The van der Waals surface area contributed by atoms with E-state index in [1.807, 2.05) is 30.3 Å². The number of aliphatic hydroxyl groups is 1. The van der Waals surface area contributed by atoms with E-state index in [1.165, 1.54) is 6.07 Å². The van der Waals surface area contributed by atoms with Crippen LogP contribution < -0.4 is 0 Å². The topological polar surface area (TPSA) is 46.5 Å². The van der Waals surface area contributed by atoms with Crippen LogP contribution in [0.1, 0.15) is 32.3 Å². The molecule has 0 saturated carbocycles. The number of carbonyl (C=O) groups is 1. The predicted octanol–water partition coefficient (Wildman–Crippen LogP) is 3.91. The number of hydrogen-bond donors (Lipinski definition) is 1. The molecule has 0 aliphatic heterocycles. The smallest absolute Gasteiger partial charge is 0.313 e. The van der Waals surface area contributed by atoms with Crippen molar-refractivity contribution in [2.45, 2.75) is 38.9 Å². The first-order chi connectivity index (χ1) is 10.9. The third kappa shape index (κ3) is 4.17. The highest BCUT2D eigenvalue weighted by Crippen LogP contribution is 2.27. The summed E-state index contributed by atoms with van der Waals surface area (Å²) < 4.78 is 19.5. The van der Waals surface area contributed by atoms with Crippen molar-refractivity contribution in [3.05, 3.63) is 59.9 Å². The number of benzene rings is 2. The van der Waals surface area contributed by atoms with E-state index in [1.54, 1.807) is 32.9 Å². The predicted molar refractivity (Wildman–Crippen MR) is 87.5 cm³/mol. The average molecular weight is 316 g/mol. The Morgan fingerprint density at radius 2 is 1.74 bits per heavy atom. The van der Waals surface area contributed by atoms with Crippen molar-refractivity contribution in [2.75, 3.05) is 0 Å². The molecule has 2 rings (SSSR count). The fraction of sp³-hybridized carbons (Fsp3) is 0.316. The number of hydrogen-bond acceptors (Lipinski definition) is 3. The lowest BCUT2D eigenvalue weighted by Crippen LogP contribution is -2.28. The highest BCUT2D eigenvalue weighted by Gasteiger charge is 2.22. The molecule has 0 radical (unpaired) electrons. The van der Waals surface area contributed by atoms with Crippen LogP contribution in [0.2, 0.25) is 0 Å². The maximum atomic E-state index is 14.4. The third-order valence-corrected chi connectivity index (χ3v) is 3.91. The highest BCUT2D eigenvalue weighted by atomic mass is 19.1. The second-order valence-electron chi connectivity index (χ2n) is 5.71. The van der Waals surface area contributed by atoms with Gasteiger partial charge in [0.1, 0.15) is 11.9 Å². The standard InChI is InChI=1S/C19H21FO3/c1-12(19(22)23-14(3)13(2)21)16-9-10-17(18(20)11-16)15-7-5-4-6-8-15/h4-14,21H,1-3H3. The molecule has 0 spiro atoms. The summed E-state index contributed by atoms with van der Waals surface area (Å²) in [5, 5.41) is 9.39. The van der Waals surface area contributed by atoms with Crippen molar-refractivity contribution in [3.63, 3.8) is 0 Å². The van der Waals surface area contributed by atoms with Crippen LogP contribution in [-0.2, 0) is 9.53 Å². The molecule has 3 nitrogen and oxygen atoms in total. The van der Waals surface area contributed by atoms with Crippen LogP contribution in [0.4, 0.5) is 4.39 Å². The molecule has 0 aliphatic rings. The van der Waals surface area contributed by atoms with Gasteiger partial charge >= 0.3 is 5.97 Å². The second kappa shape index (κ2) is 7.38. The van der Waals surface area contributed by atoms with Crippen molar-refractivity contribution < 1.29 is 19.0 Å². The van der Waals surface area contributed by atoms with Crippen LogP contribution in [0.5, 0.6) is 0 Å². The molecule has 0 bridgehead atoms. The van der Waals surface area contributed by atoms with Crippen molar-refractivity contribution in [3.8, 4) is 11.1 Å². The van der Waals surface area contributed by atoms with Crippen LogP contribution in [0.3, 0.4) is 0 Å². The first-order valence-corrected chi connectivity index (χ1v) is 7.63. The second-order valence-corrected chi connectivity index (χ2v) is 5.71.